The average molecular weight is 187 g/mol. The lowest BCUT2D eigenvalue weighted by Crippen LogP contribution is -2.56. The van der Waals surface area contributed by atoms with Gasteiger partial charge in [-0.2, -0.15) is 0 Å². The first kappa shape index (κ1) is 14.1. The van der Waals surface area contributed by atoms with Crippen molar-refractivity contribution in [2.75, 3.05) is 14.1 Å². The van der Waals surface area contributed by atoms with Gasteiger partial charge in [-0.1, -0.05) is 11.2 Å². The van der Waals surface area contributed by atoms with E-state index in [-0.39, 0.29) is 0 Å². The van der Waals surface area contributed by atoms with E-state index >= 15 is 0 Å². The lowest BCUT2D eigenvalue weighted by molar-refractivity contribution is -0.185. The second-order valence-electron chi connectivity index (χ2n) is 3.21. The summed E-state index contributed by atoms with van der Waals surface area (Å²) in [4.78, 5) is 0. The summed E-state index contributed by atoms with van der Waals surface area (Å²) < 4.78 is 0. The van der Waals surface area contributed by atoms with Crippen LogP contribution < -0.4 is 10.6 Å². The smallest absolute Gasteiger partial charge is 0.216 e. The normalized spacial score (nSPS) is 17.7. The fourth-order valence-corrected chi connectivity index (χ4v) is 0.881. The molecule has 4 N–H and O–H groups in total. The molecule has 0 heterocycles. The Kier molecular flexibility index (Phi) is 4.78. The van der Waals surface area contributed by atoms with Gasteiger partial charge in [-0.05, 0) is 19.9 Å². The van der Waals surface area contributed by atoms with Gasteiger partial charge in [0.2, 0.25) is 5.91 Å². The zero-order valence-corrected chi connectivity index (χ0v) is 8.36. The van der Waals surface area contributed by atoms with Crippen molar-refractivity contribution in [3.8, 4) is 0 Å². The standard InChI is InChI=1S/C6H12B4N2O2/c1-11-5(9,10)3(7)4(8)6(13,14)12-2/h3-4,11-14H,1-2H3. The van der Waals surface area contributed by atoms with E-state index in [4.69, 9.17) is 31.4 Å². The summed E-state index contributed by atoms with van der Waals surface area (Å²) >= 11 is 0. The summed E-state index contributed by atoms with van der Waals surface area (Å²) in [5, 5.41) is 21.9. The van der Waals surface area contributed by atoms with E-state index in [1.54, 1.807) is 0 Å². The minimum absolute atomic E-state index is 1.05. The molecule has 70 valence electrons. The first-order valence-corrected chi connectivity index (χ1v) is 4.10. The van der Waals surface area contributed by atoms with Crippen LogP contribution in [0, 0.1) is 0 Å². The summed E-state index contributed by atoms with van der Waals surface area (Å²) in [5.41, 5.74) is 0. The lowest BCUT2D eigenvalue weighted by atomic mass is 9.43. The first-order chi connectivity index (χ1) is 6.19. The largest absolute Gasteiger partial charge is 0.354 e. The van der Waals surface area contributed by atoms with Crippen molar-refractivity contribution in [1.29, 1.82) is 0 Å². The van der Waals surface area contributed by atoms with Crippen molar-refractivity contribution in [3.63, 3.8) is 0 Å². The molecule has 8 heteroatoms. The number of hydrogen-bond acceptors (Lipinski definition) is 4. The van der Waals surface area contributed by atoms with Gasteiger partial charge in [-0.25, -0.2) is 0 Å². The summed E-state index contributed by atoms with van der Waals surface area (Å²) in [5.74, 6) is -4.61. The maximum Gasteiger partial charge on any atom is 0.216 e. The molecule has 14 heavy (non-hydrogen) atoms. The van der Waals surface area contributed by atoms with Crippen LogP contribution in [0.5, 0.6) is 0 Å². The van der Waals surface area contributed by atoms with Gasteiger partial charge < -0.3 is 15.5 Å². The van der Waals surface area contributed by atoms with E-state index in [0.29, 0.717) is 0 Å². The minimum atomic E-state index is -2.32. The highest BCUT2D eigenvalue weighted by atomic mass is 16.5. The van der Waals surface area contributed by atoms with Crippen molar-refractivity contribution in [2.45, 2.75) is 22.9 Å². The van der Waals surface area contributed by atoms with Gasteiger partial charge in [0.25, 0.3) is 0 Å². The van der Waals surface area contributed by atoms with Crippen LogP contribution in [0.2, 0.25) is 11.6 Å². The Labute approximate surface area is 89.9 Å². The third kappa shape index (κ3) is 3.05. The minimum Gasteiger partial charge on any atom is -0.354 e. The SMILES string of the molecule is [B]C(C([B])C(O)(O)NC)C([B])([B])NC. The molecule has 0 fully saturated rings. The molecule has 0 rings (SSSR count). The molecular weight excluding hydrogens is 175 g/mol. The molecule has 0 spiro atoms. The third-order valence-corrected chi connectivity index (χ3v) is 2.20. The third-order valence-electron chi connectivity index (χ3n) is 2.20. The van der Waals surface area contributed by atoms with Crippen molar-refractivity contribution >= 4 is 31.4 Å². The lowest BCUT2D eigenvalue weighted by Gasteiger charge is -2.42. The Morgan fingerprint density at radius 3 is 1.71 bits per heavy atom. The van der Waals surface area contributed by atoms with Gasteiger partial charge in [-0.15, -0.1) is 0 Å². The van der Waals surface area contributed by atoms with E-state index in [0.717, 1.165) is 0 Å². The molecule has 0 saturated heterocycles. The van der Waals surface area contributed by atoms with Crippen molar-refractivity contribution in [1.82, 2.24) is 10.6 Å². The number of aliphatic hydroxyl groups is 2. The molecule has 0 aromatic carbocycles. The average Bonchev–Trinajstić information content (AvgIpc) is 2.15. The van der Waals surface area contributed by atoms with E-state index in [9.17, 15) is 10.2 Å². The van der Waals surface area contributed by atoms with Gasteiger partial charge in [0.1, 0.15) is 0 Å². The van der Waals surface area contributed by atoms with Crippen LogP contribution in [-0.4, -0.2) is 66.9 Å². The number of rotatable bonds is 5. The summed E-state index contributed by atoms with van der Waals surface area (Å²) in [7, 11) is 24.9. The fourth-order valence-electron chi connectivity index (χ4n) is 0.881. The number of nitrogens with one attached hydrogen (secondary N) is 2. The summed E-state index contributed by atoms with van der Waals surface area (Å²) in [6, 6.07) is 0. The highest BCUT2D eigenvalue weighted by Gasteiger charge is 2.37. The van der Waals surface area contributed by atoms with E-state index < -0.39 is 22.9 Å². The molecule has 4 nitrogen and oxygen atoms in total. The highest BCUT2D eigenvalue weighted by Crippen LogP contribution is 2.32. The maximum atomic E-state index is 9.32. The van der Waals surface area contributed by atoms with Crippen LogP contribution in [0.3, 0.4) is 0 Å². The van der Waals surface area contributed by atoms with Crippen molar-refractivity contribution in [3.05, 3.63) is 0 Å². The Hall–Kier alpha value is 0.0997. The molecule has 2 atom stereocenters. The molecule has 0 aliphatic rings. The predicted octanol–water partition coefficient (Wildman–Crippen LogP) is -3.03. The first-order valence-electron chi connectivity index (χ1n) is 4.10. The predicted molar refractivity (Wildman–Crippen MR) is 58.5 cm³/mol. The van der Waals surface area contributed by atoms with Crippen LogP contribution in [-0.2, 0) is 0 Å². The number of hydrogen-bond donors (Lipinski definition) is 4. The zero-order chi connectivity index (χ0) is 11.6. The Morgan fingerprint density at radius 1 is 1.00 bits per heavy atom. The van der Waals surface area contributed by atoms with Crippen LogP contribution in [0.15, 0.2) is 0 Å². The molecular formula is C6H12B4N2O2. The highest BCUT2D eigenvalue weighted by molar-refractivity contribution is 6.45. The second-order valence-corrected chi connectivity index (χ2v) is 3.21. The van der Waals surface area contributed by atoms with Gasteiger partial charge in [0.05, 0.1) is 31.4 Å². The topological polar surface area (TPSA) is 64.5 Å². The van der Waals surface area contributed by atoms with Crippen molar-refractivity contribution in [2.24, 2.45) is 0 Å². The van der Waals surface area contributed by atoms with Gasteiger partial charge in [-0.3, -0.25) is 5.32 Å². The Balaban J connectivity index is 4.62. The van der Waals surface area contributed by atoms with Crippen LogP contribution in [0.25, 0.3) is 0 Å². The Bertz CT molecular complexity index is 171. The van der Waals surface area contributed by atoms with Crippen molar-refractivity contribution < 1.29 is 10.2 Å². The summed E-state index contributed by atoms with van der Waals surface area (Å²) in [6.45, 7) is 0. The molecule has 0 amide bonds. The van der Waals surface area contributed by atoms with E-state index in [1.807, 2.05) is 0 Å². The molecule has 2 unspecified atom stereocenters. The van der Waals surface area contributed by atoms with Gasteiger partial charge in [0.15, 0.2) is 0 Å². The van der Waals surface area contributed by atoms with Gasteiger partial charge in [0, 0.05) is 0 Å². The van der Waals surface area contributed by atoms with Crippen LogP contribution in [0.1, 0.15) is 0 Å². The molecule has 0 aliphatic heterocycles. The fraction of sp³-hybridized carbons (Fsp3) is 1.00. The molecule has 8 radical (unpaired) electrons. The molecule has 0 aromatic rings. The summed E-state index contributed by atoms with van der Waals surface area (Å²) in [6.07, 6.45) is 0. The second kappa shape index (κ2) is 4.75. The quantitative estimate of drug-likeness (QED) is 0.273. The zero-order valence-electron chi connectivity index (χ0n) is 8.36. The van der Waals surface area contributed by atoms with Gasteiger partial charge >= 0.3 is 0 Å². The van der Waals surface area contributed by atoms with Crippen LogP contribution >= 0.6 is 0 Å². The van der Waals surface area contributed by atoms with E-state index in [1.165, 1.54) is 14.1 Å². The maximum absolute atomic E-state index is 9.32. The van der Waals surface area contributed by atoms with Crippen LogP contribution in [0.4, 0.5) is 0 Å². The molecule has 0 saturated carbocycles. The van der Waals surface area contributed by atoms with E-state index in [2.05, 4.69) is 10.6 Å². The molecule has 0 bridgehead atoms. The molecule has 0 aromatic heterocycles. The molecule has 0 aliphatic carbocycles. The Morgan fingerprint density at radius 2 is 1.43 bits per heavy atom. The monoisotopic (exact) mass is 188 g/mol.